The molecule has 5 nitrogen and oxygen atoms in total. The Balaban J connectivity index is 2.24. The van der Waals surface area contributed by atoms with E-state index in [0.717, 1.165) is 11.3 Å². The molecule has 0 saturated heterocycles. The molecule has 0 saturated carbocycles. The highest BCUT2D eigenvalue weighted by atomic mass is 35.5. The van der Waals surface area contributed by atoms with Crippen molar-refractivity contribution in [2.24, 2.45) is 5.10 Å². The van der Waals surface area contributed by atoms with E-state index in [-0.39, 0.29) is 5.69 Å². The molecule has 0 spiro atoms. The molecule has 1 N–H and O–H groups in total. The minimum absolute atomic E-state index is 0.00721. The number of nitrogens with zero attached hydrogens (tertiary/aromatic N) is 2. The highest BCUT2D eigenvalue weighted by molar-refractivity contribution is 6.42. The van der Waals surface area contributed by atoms with Crippen molar-refractivity contribution in [3.8, 4) is 0 Å². The average Bonchev–Trinajstić information content (AvgIpc) is 2.51. The number of hydrogen-bond donors (Lipinski definition) is 1. The van der Waals surface area contributed by atoms with Gasteiger partial charge in [0.2, 0.25) is 0 Å². The smallest absolute Gasteiger partial charge is 0.271 e. The van der Waals surface area contributed by atoms with Crippen LogP contribution in [-0.4, -0.2) is 10.6 Å². The summed E-state index contributed by atoms with van der Waals surface area (Å²) in [5, 5.41) is 16.0. The number of benzene rings is 2. The predicted molar refractivity (Wildman–Crippen MR) is 90.0 cm³/mol. The standard InChI is InChI=1S/C15H13Cl2N3O2/c1-2-15(10-6-7-13(16)14(17)8-10)19-18-11-4-3-5-12(9-11)20(21)22/h3-9,18H,2H2,1H3. The molecule has 22 heavy (non-hydrogen) atoms. The highest BCUT2D eigenvalue weighted by Crippen LogP contribution is 2.23. The molecule has 114 valence electrons. The third-order valence-corrected chi connectivity index (χ3v) is 3.70. The van der Waals surface area contributed by atoms with E-state index in [1.165, 1.54) is 12.1 Å². The topological polar surface area (TPSA) is 67.5 Å². The molecule has 0 amide bonds. The van der Waals surface area contributed by atoms with Gasteiger partial charge in [-0.3, -0.25) is 15.5 Å². The summed E-state index contributed by atoms with van der Waals surface area (Å²) in [6, 6.07) is 11.4. The molecule has 0 aliphatic heterocycles. The van der Waals surface area contributed by atoms with Crippen LogP contribution in [-0.2, 0) is 0 Å². The molecule has 7 heteroatoms. The van der Waals surface area contributed by atoms with Crippen molar-refractivity contribution in [1.82, 2.24) is 0 Å². The summed E-state index contributed by atoms with van der Waals surface area (Å²) < 4.78 is 0. The van der Waals surface area contributed by atoms with Gasteiger partial charge in [0.05, 0.1) is 26.4 Å². The Bertz CT molecular complexity index is 732. The van der Waals surface area contributed by atoms with Gasteiger partial charge in [0.25, 0.3) is 5.69 Å². The summed E-state index contributed by atoms with van der Waals surface area (Å²) in [6.07, 6.45) is 0.667. The minimum Gasteiger partial charge on any atom is -0.278 e. The Morgan fingerprint density at radius 1 is 1.23 bits per heavy atom. The van der Waals surface area contributed by atoms with Crippen molar-refractivity contribution in [2.45, 2.75) is 13.3 Å². The van der Waals surface area contributed by atoms with Crippen molar-refractivity contribution in [2.75, 3.05) is 5.43 Å². The van der Waals surface area contributed by atoms with E-state index in [2.05, 4.69) is 10.5 Å². The molecule has 0 unspecified atom stereocenters. The maximum atomic E-state index is 10.8. The third-order valence-electron chi connectivity index (χ3n) is 2.96. The van der Waals surface area contributed by atoms with Crippen LogP contribution in [0.1, 0.15) is 18.9 Å². The van der Waals surface area contributed by atoms with Crippen LogP contribution in [0.2, 0.25) is 10.0 Å². The van der Waals surface area contributed by atoms with Crippen LogP contribution >= 0.6 is 23.2 Å². The second-order valence-corrected chi connectivity index (χ2v) is 5.27. The number of hydrazone groups is 1. The number of nitrogens with one attached hydrogen (secondary N) is 1. The van der Waals surface area contributed by atoms with E-state index >= 15 is 0 Å². The summed E-state index contributed by atoms with van der Waals surface area (Å²) in [6.45, 7) is 1.95. The number of nitro benzene ring substituents is 1. The van der Waals surface area contributed by atoms with Crippen LogP contribution in [0.4, 0.5) is 11.4 Å². The zero-order valence-electron chi connectivity index (χ0n) is 11.7. The van der Waals surface area contributed by atoms with Crippen LogP contribution in [0.25, 0.3) is 0 Å². The summed E-state index contributed by atoms with van der Waals surface area (Å²) in [7, 11) is 0. The molecule has 2 rings (SSSR count). The number of non-ortho nitro benzene ring substituents is 1. The molecule has 0 atom stereocenters. The summed E-state index contributed by atoms with van der Waals surface area (Å²) in [5.41, 5.74) is 4.99. The van der Waals surface area contributed by atoms with Crippen LogP contribution in [0.3, 0.4) is 0 Å². The lowest BCUT2D eigenvalue weighted by molar-refractivity contribution is -0.384. The molecule has 0 radical (unpaired) electrons. The fourth-order valence-corrected chi connectivity index (χ4v) is 2.14. The molecular formula is C15H13Cl2N3O2. The Labute approximate surface area is 137 Å². The van der Waals surface area contributed by atoms with Gasteiger partial charge in [0.15, 0.2) is 0 Å². The summed E-state index contributed by atoms with van der Waals surface area (Å²) in [4.78, 5) is 10.3. The van der Waals surface area contributed by atoms with Crippen molar-refractivity contribution < 1.29 is 4.92 Å². The Morgan fingerprint density at radius 3 is 2.64 bits per heavy atom. The third kappa shape index (κ3) is 3.96. The van der Waals surface area contributed by atoms with Crippen LogP contribution in [0, 0.1) is 10.1 Å². The summed E-state index contributed by atoms with van der Waals surface area (Å²) >= 11 is 11.9. The van der Waals surface area contributed by atoms with Crippen molar-refractivity contribution in [1.29, 1.82) is 0 Å². The quantitative estimate of drug-likeness (QED) is 0.467. The van der Waals surface area contributed by atoms with Crippen LogP contribution < -0.4 is 5.43 Å². The van der Waals surface area contributed by atoms with E-state index in [9.17, 15) is 10.1 Å². The van der Waals surface area contributed by atoms with Gasteiger partial charge in [-0.2, -0.15) is 5.10 Å². The van der Waals surface area contributed by atoms with E-state index in [1.54, 1.807) is 24.3 Å². The molecule has 0 aliphatic rings. The normalized spacial score (nSPS) is 11.3. The van der Waals surface area contributed by atoms with Gasteiger partial charge in [0, 0.05) is 12.1 Å². The maximum absolute atomic E-state index is 10.8. The zero-order chi connectivity index (χ0) is 16.1. The SMILES string of the molecule is CCC(=NNc1cccc([N+](=O)[O-])c1)c1ccc(Cl)c(Cl)c1. The molecule has 0 bridgehead atoms. The molecule has 0 aromatic heterocycles. The largest absolute Gasteiger partial charge is 0.278 e. The van der Waals surface area contributed by atoms with Crippen LogP contribution in [0.15, 0.2) is 47.6 Å². The van der Waals surface area contributed by atoms with Gasteiger partial charge in [-0.25, -0.2) is 0 Å². The van der Waals surface area contributed by atoms with E-state index in [1.807, 2.05) is 13.0 Å². The second kappa shape index (κ2) is 7.24. The second-order valence-electron chi connectivity index (χ2n) is 4.46. The Morgan fingerprint density at radius 2 is 2.00 bits per heavy atom. The molecule has 0 aliphatic carbocycles. The Kier molecular flexibility index (Phi) is 5.35. The molecule has 2 aromatic carbocycles. The number of rotatable bonds is 5. The van der Waals surface area contributed by atoms with Gasteiger partial charge in [-0.15, -0.1) is 0 Å². The fraction of sp³-hybridized carbons (Fsp3) is 0.133. The Hall–Kier alpha value is -2.11. The van der Waals surface area contributed by atoms with Crippen molar-refractivity contribution in [3.05, 3.63) is 68.2 Å². The monoisotopic (exact) mass is 337 g/mol. The minimum atomic E-state index is -0.450. The number of hydrogen-bond acceptors (Lipinski definition) is 4. The molecule has 0 fully saturated rings. The molecule has 0 heterocycles. The van der Waals surface area contributed by atoms with Crippen LogP contribution in [0.5, 0.6) is 0 Å². The van der Waals surface area contributed by atoms with Crippen molar-refractivity contribution >= 4 is 40.3 Å². The number of anilines is 1. The maximum Gasteiger partial charge on any atom is 0.271 e. The lowest BCUT2D eigenvalue weighted by Gasteiger charge is -2.07. The molecular weight excluding hydrogens is 325 g/mol. The first-order chi connectivity index (χ1) is 10.5. The molecule has 2 aromatic rings. The van der Waals surface area contributed by atoms with Gasteiger partial charge in [0.1, 0.15) is 0 Å². The average molecular weight is 338 g/mol. The summed E-state index contributed by atoms with van der Waals surface area (Å²) in [5.74, 6) is 0. The zero-order valence-corrected chi connectivity index (χ0v) is 13.2. The fourth-order valence-electron chi connectivity index (χ4n) is 1.84. The van der Waals surface area contributed by atoms with Gasteiger partial charge < -0.3 is 0 Å². The van der Waals surface area contributed by atoms with E-state index < -0.39 is 4.92 Å². The first kappa shape index (κ1) is 16.3. The number of halogens is 2. The van der Waals surface area contributed by atoms with Crippen molar-refractivity contribution in [3.63, 3.8) is 0 Å². The first-order valence-corrected chi connectivity index (χ1v) is 7.29. The predicted octanol–water partition coefficient (Wildman–Crippen LogP) is 5.13. The van der Waals surface area contributed by atoms with Gasteiger partial charge >= 0.3 is 0 Å². The lowest BCUT2D eigenvalue weighted by atomic mass is 10.1. The van der Waals surface area contributed by atoms with E-state index in [4.69, 9.17) is 23.2 Å². The lowest BCUT2D eigenvalue weighted by Crippen LogP contribution is -2.03. The highest BCUT2D eigenvalue weighted by Gasteiger charge is 2.07. The van der Waals surface area contributed by atoms with Gasteiger partial charge in [-0.05, 0) is 30.2 Å². The van der Waals surface area contributed by atoms with Gasteiger partial charge in [-0.1, -0.05) is 42.3 Å². The first-order valence-electron chi connectivity index (χ1n) is 6.53. The number of nitro groups is 1. The van der Waals surface area contributed by atoms with E-state index in [0.29, 0.717) is 22.2 Å².